The first-order valence-electron chi connectivity index (χ1n) is 6.02. The number of nitrogens with two attached hydrogens (primary N) is 1. The quantitative estimate of drug-likeness (QED) is 0.592. The molecule has 102 valence electrons. The van der Waals surface area contributed by atoms with E-state index < -0.39 is 5.41 Å². The molecule has 1 fully saturated rings. The molecule has 0 spiro atoms. The standard InChI is InChI=1S/C13H14ClIN2OS/c14-9-7-8(15)3-4-10(9)17-12(18)13(11(16)19)5-1-2-6-13/h3-4,7H,1-2,5-6H2,(H2,16,19)(H,17,18). The number of thiocarbonyl (C=S) groups is 1. The van der Waals surface area contributed by atoms with Gasteiger partial charge < -0.3 is 11.1 Å². The molecule has 0 aliphatic heterocycles. The van der Waals surface area contributed by atoms with Crippen LogP contribution in [0.1, 0.15) is 25.7 Å². The monoisotopic (exact) mass is 408 g/mol. The van der Waals surface area contributed by atoms with Crippen LogP contribution in [-0.4, -0.2) is 10.9 Å². The maximum atomic E-state index is 12.5. The fourth-order valence-electron chi connectivity index (χ4n) is 2.40. The minimum atomic E-state index is -0.707. The summed E-state index contributed by atoms with van der Waals surface area (Å²) in [5.74, 6) is -0.138. The third-order valence-electron chi connectivity index (χ3n) is 3.54. The van der Waals surface area contributed by atoms with Crippen LogP contribution in [0, 0.1) is 8.99 Å². The van der Waals surface area contributed by atoms with Crippen LogP contribution in [0.5, 0.6) is 0 Å². The number of carbonyl (C=O) groups excluding carboxylic acids is 1. The van der Waals surface area contributed by atoms with E-state index in [9.17, 15) is 4.79 Å². The van der Waals surface area contributed by atoms with E-state index in [1.165, 1.54) is 0 Å². The summed E-state index contributed by atoms with van der Waals surface area (Å²) in [5.41, 5.74) is 5.69. The molecule has 0 aromatic heterocycles. The van der Waals surface area contributed by atoms with Gasteiger partial charge in [0.15, 0.2) is 0 Å². The highest BCUT2D eigenvalue weighted by Gasteiger charge is 2.44. The second-order valence-electron chi connectivity index (χ2n) is 4.73. The number of rotatable bonds is 3. The van der Waals surface area contributed by atoms with Gasteiger partial charge in [0.2, 0.25) is 5.91 Å². The maximum absolute atomic E-state index is 12.5. The summed E-state index contributed by atoms with van der Waals surface area (Å²) < 4.78 is 1.02. The van der Waals surface area contributed by atoms with Gasteiger partial charge in [-0.2, -0.15) is 0 Å². The number of nitrogens with one attached hydrogen (secondary N) is 1. The first kappa shape index (κ1) is 15.0. The van der Waals surface area contributed by atoms with Gasteiger partial charge >= 0.3 is 0 Å². The predicted molar refractivity (Wildman–Crippen MR) is 90.5 cm³/mol. The van der Waals surface area contributed by atoms with E-state index >= 15 is 0 Å². The topological polar surface area (TPSA) is 55.1 Å². The predicted octanol–water partition coefficient (Wildman–Crippen LogP) is 3.73. The normalized spacial score (nSPS) is 17.2. The molecule has 0 bridgehead atoms. The van der Waals surface area contributed by atoms with Gasteiger partial charge in [0.1, 0.15) is 0 Å². The number of halogens is 2. The minimum Gasteiger partial charge on any atom is -0.392 e. The van der Waals surface area contributed by atoms with E-state index in [4.69, 9.17) is 29.6 Å². The van der Waals surface area contributed by atoms with Gasteiger partial charge in [0.05, 0.1) is 21.1 Å². The fourth-order valence-corrected chi connectivity index (χ4v) is 3.60. The summed E-state index contributed by atoms with van der Waals surface area (Å²) in [5, 5.41) is 3.38. The molecule has 1 aromatic rings. The van der Waals surface area contributed by atoms with E-state index in [1.807, 2.05) is 6.07 Å². The van der Waals surface area contributed by atoms with Crippen molar-refractivity contribution in [3.8, 4) is 0 Å². The maximum Gasteiger partial charge on any atom is 0.237 e. The Bertz CT molecular complexity index is 529. The molecular formula is C13H14ClIN2OS. The number of carbonyl (C=O) groups is 1. The molecule has 1 aromatic carbocycles. The van der Waals surface area contributed by atoms with E-state index in [1.54, 1.807) is 12.1 Å². The Kier molecular flexibility index (Phi) is 4.68. The van der Waals surface area contributed by atoms with Crippen LogP contribution in [0.4, 0.5) is 5.69 Å². The Balaban J connectivity index is 2.22. The molecule has 6 heteroatoms. The first-order chi connectivity index (χ1) is 8.95. The Morgan fingerprint density at radius 3 is 2.58 bits per heavy atom. The summed E-state index contributed by atoms with van der Waals surface area (Å²) in [6.07, 6.45) is 3.39. The van der Waals surface area contributed by atoms with Gasteiger partial charge in [-0.05, 0) is 53.6 Å². The smallest absolute Gasteiger partial charge is 0.237 e. The van der Waals surface area contributed by atoms with Crippen molar-refractivity contribution in [3.05, 3.63) is 26.8 Å². The number of anilines is 1. The summed E-state index contributed by atoms with van der Waals surface area (Å²) in [7, 11) is 0. The van der Waals surface area contributed by atoms with Crippen LogP contribution in [0.25, 0.3) is 0 Å². The van der Waals surface area contributed by atoms with Gasteiger partial charge in [-0.25, -0.2) is 0 Å². The molecule has 0 atom stereocenters. The van der Waals surface area contributed by atoms with Crippen molar-refractivity contribution in [1.82, 2.24) is 0 Å². The molecule has 1 aliphatic rings. The van der Waals surface area contributed by atoms with E-state index in [2.05, 4.69) is 27.9 Å². The highest BCUT2D eigenvalue weighted by atomic mass is 127. The van der Waals surface area contributed by atoms with Crippen molar-refractivity contribution in [1.29, 1.82) is 0 Å². The molecule has 1 amide bonds. The van der Waals surface area contributed by atoms with E-state index in [-0.39, 0.29) is 10.9 Å². The van der Waals surface area contributed by atoms with Gasteiger partial charge in [0.25, 0.3) is 0 Å². The summed E-state index contributed by atoms with van der Waals surface area (Å²) in [6, 6.07) is 5.49. The third kappa shape index (κ3) is 3.03. The van der Waals surface area contributed by atoms with Gasteiger partial charge in [-0.3, -0.25) is 4.79 Å². The lowest BCUT2D eigenvalue weighted by molar-refractivity contribution is -0.122. The minimum absolute atomic E-state index is 0.138. The highest BCUT2D eigenvalue weighted by molar-refractivity contribution is 14.1. The van der Waals surface area contributed by atoms with Crippen LogP contribution >= 0.6 is 46.4 Å². The lowest BCUT2D eigenvalue weighted by Crippen LogP contribution is -2.44. The fraction of sp³-hybridized carbons (Fsp3) is 0.385. The molecule has 0 unspecified atom stereocenters. The molecule has 3 nitrogen and oxygen atoms in total. The highest BCUT2D eigenvalue weighted by Crippen LogP contribution is 2.40. The van der Waals surface area contributed by atoms with Crippen molar-refractivity contribution in [2.45, 2.75) is 25.7 Å². The van der Waals surface area contributed by atoms with Gasteiger partial charge in [0, 0.05) is 3.57 Å². The number of hydrogen-bond donors (Lipinski definition) is 2. The van der Waals surface area contributed by atoms with E-state index in [0.717, 1.165) is 29.3 Å². The molecule has 19 heavy (non-hydrogen) atoms. The Morgan fingerprint density at radius 2 is 2.05 bits per heavy atom. The van der Waals surface area contributed by atoms with Crippen LogP contribution in [0.2, 0.25) is 5.02 Å². The number of hydrogen-bond acceptors (Lipinski definition) is 2. The molecule has 0 heterocycles. The SMILES string of the molecule is NC(=S)C1(C(=O)Nc2ccc(I)cc2Cl)CCCC1. The summed E-state index contributed by atoms with van der Waals surface area (Å²) in [4.78, 5) is 12.8. The Hall–Kier alpha value is -0.400. The molecule has 0 radical (unpaired) electrons. The van der Waals surface area contributed by atoms with Crippen molar-refractivity contribution in [2.24, 2.45) is 11.1 Å². The van der Waals surface area contributed by atoms with Crippen LogP contribution in [0.15, 0.2) is 18.2 Å². The lowest BCUT2D eigenvalue weighted by atomic mass is 9.85. The molecule has 3 N–H and O–H groups in total. The van der Waals surface area contributed by atoms with Crippen molar-refractivity contribution < 1.29 is 4.79 Å². The molecule has 1 aliphatic carbocycles. The molecule has 2 rings (SSSR count). The number of amides is 1. The zero-order chi connectivity index (χ0) is 14.0. The van der Waals surface area contributed by atoms with Gasteiger partial charge in [-0.15, -0.1) is 0 Å². The lowest BCUT2D eigenvalue weighted by Gasteiger charge is -2.26. The van der Waals surface area contributed by atoms with Crippen LogP contribution in [-0.2, 0) is 4.79 Å². The molecule has 0 saturated heterocycles. The third-order valence-corrected chi connectivity index (χ3v) is 4.92. The second-order valence-corrected chi connectivity index (χ2v) is 6.82. The average Bonchev–Trinajstić information content (AvgIpc) is 2.83. The zero-order valence-corrected chi connectivity index (χ0v) is 13.9. The first-order valence-corrected chi connectivity index (χ1v) is 7.88. The van der Waals surface area contributed by atoms with E-state index in [0.29, 0.717) is 10.7 Å². The van der Waals surface area contributed by atoms with Gasteiger partial charge in [-0.1, -0.05) is 36.7 Å². The number of benzene rings is 1. The van der Waals surface area contributed by atoms with Crippen LogP contribution in [0.3, 0.4) is 0 Å². The zero-order valence-electron chi connectivity index (χ0n) is 10.2. The second kappa shape index (κ2) is 5.93. The Labute approximate surface area is 136 Å². The summed E-state index contributed by atoms with van der Waals surface area (Å²) >= 11 is 13.4. The van der Waals surface area contributed by atoms with Crippen LogP contribution < -0.4 is 11.1 Å². The average molecular weight is 409 g/mol. The van der Waals surface area contributed by atoms with Crippen molar-refractivity contribution in [3.63, 3.8) is 0 Å². The summed E-state index contributed by atoms with van der Waals surface area (Å²) in [6.45, 7) is 0. The largest absolute Gasteiger partial charge is 0.392 e. The van der Waals surface area contributed by atoms with Crippen molar-refractivity contribution >= 4 is 63.0 Å². The van der Waals surface area contributed by atoms with Crippen molar-refractivity contribution in [2.75, 3.05) is 5.32 Å². The Morgan fingerprint density at radius 1 is 1.42 bits per heavy atom. The molecule has 1 saturated carbocycles. The molecular weight excluding hydrogens is 395 g/mol.